The summed E-state index contributed by atoms with van der Waals surface area (Å²) in [5.41, 5.74) is 2.17. The van der Waals surface area contributed by atoms with Crippen LogP contribution in [0.4, 0.5) is 0 Å². The third-order valence-corrected chi connectivity index (χ3v) is 5.88. The Labute approximate surface area is 158 Å². The van der Waals surface area contributed by atoms with E-state index in [9.17, 15) is 13.2 Å². The molecule has 0 fully saturated rings. The van der Waals surface area contributed by atoms with Crippen molar-refractivity contribution in [2.24, 2.45) is 0 Å². The number of sulfone groups is 1. The van der Waals surface area contributed by atoms with Crippen molar-refractivity contribution < 1.29 is 17.9 Å². The number of fused-ring (bicyclic) bond motifs is 1. The highest BCUT2D eigenvalue weighted by Crippen LogP contribution is 2.25. The van der Waals surface area contributed by atoms with E-state index in [-0.39, 0.29) is 16.8 Å². The predicted octanol–water partition coefficient (Wildman–Crippen LogP) is 3.41. The van der Waals surface area contributed by atoms with Gasteiger partial charge in [0.1, 0.15) is 11.4 Å². The molecular formula is C20H22N2O4S. The van der Waals surface area contributed by atoms with E-state index in [1.165, 1.54) is 6.26 Å². The van der Waals surface area contributed by atoms with Gasteiger partial charge >= 0.3 is 0 Å². The van der Waals surface area contributed by atoms with Crippen molar-refractivity contribution in [3.05, 3.63) is 59.8 Å². The summed E-state index contributed by atoms with van der Waals surface area (Å²) < 4.78 is 28.4. The lowest BCUT2D eigenvalue weighted by Gasteiger charge is -2.25. The summed E-state index contributed by atoms with van der Waals surface area (Å²) in [5, 5.41) is 0.928. The number of methoxy groups -OCH3 is 1. The molecule has 1 atom stereocenters. The van der Waals surface area contributed by atoms with Crippen LogP contribution in [-0.2, 0) is 9.84 Å². The third kappa shape index (κ3) is 3.83. The molecular weight excluding hydrogens is 364 g/mol. The Morgan fingerprint density at radius 3 is 2.37 bits per heavy atom. The molecule has 6 nitrogen and oxygen atoms in total. The molecule has 1 heterocycles. The van der Waals surface area contributed by atoms with Crippen LogP contribution in [0.25, 0.3) is 10.9 Å². The van der Waals surface area contributed by atoms with Gasteiger partial charge in [-0.25, -0.2) is 8.42 Å². The molecule has 27 heavy (non-hydrogen) atoms. The van der Waals surface area contributed by atoms with Gasteiger partial charge in [-0.05, 0) is 42.8 Å². The summed E-state index contributed by atoms with van der Waals surface area (Å²) in [7, 11) is 0.0824. The van der Waals surface area contributed by atoms with Gasteiger partial charge in [-0.2, -0.15) is 0 Å². The number of carbonyl (C=O) groups is 1. The molecule has 0 radical (unpaired) electrons. The van der Waals surface area contributed by atoms with Gasteiger partial charge < -0.3 is 14.6 Å². The fourth-order valence-electron chi connectivity index (χ4n) is 2.93. The first-order valence-corrected chi connectivity index (χ1v) is 10.3. The van der Waals surface area contributed by atoms with Crippen LogP contribution in [0.15, 0.2) is 53.4 Å². The van der Waals surface area contributed by atoms with Crippen LogP contribution in [0.1, 0.15) is 29.0 Å². The zero-order valence-corrected chi connectivity index (χ0v) is 16.5. The molecule has 0 spiro atoms. The van der Waals surface area contributed by atoms with Crippen molar-refractivity contribution in [3.63, 3.8) is 0 Å². The highest BCUT2D eigenvalue weighted by atomic mass is 32.2. The number of hydrogen-bond acceptors (Lipinski definition) is 4. The minimum Gasteiger partial charge on any atom is -0.497 e. The van der Waals surface area contributed by atoms with E-state index in [0.717, 1.165) is 22.2 Å². The smallest absolute Gasteiger partial charge is 0.270 e. The van der Waals surface area contributed by atoms with Crippen LogP contribution in [0.5, 0.6) is 5.75 Å². The first kappa shape index (κ1) is 19.0. The lowest BCUT2D eigenvalue weighted by atomic mass is 10.1. The SMILES string of the molecule is COc1ccc2cc(C(=O)N(C)C(C)c3ccc(S(C)(=O)=O)cc3)[nH]c2c1. The second-order valence-electron chi connectivity index (χ2n) is 6.57. The van der Waals surface area contributed by atoms with Crippen molar-refractivity contribution in [1.82, 2.24) is 9.88 Å². The van der Waals surface area contributed by atoms with Crippen molar-refractivity contribution in [1.29, 1.82) is 0 Å². The van der Waals surface area contributed by atoms with Crippen LogP contribution in [0.2, 0.25) is 0 Å². The quantitative estimate of drug-likeness (QED) is 0.729. The van der Waals surface area contributed by atoms with Gasteiger partial charge in [0, 0.05) is 30.3 Å². The van der Waals surface area contributed by atoms with Crippen molar-refractivity contribution in [3.8, 4) is 5.75 Å². The molecule has 0 saturated heterocycles. The van der Waals surface area contributed by atoms with E-state index in [2.05, 4.69) is 4.98 Å². The molecule has 3 rings (SSSR count). The molecule has 2 aromatic carbocycles. The predicted molar refractivity (Wildman–Crippen MR) is 105 cm³/mol. The normalized spacial score (nSPS) is 12.7. The Hall–Kier alpha value is -2.80. The number of nitrogens with one attached hydrogen (secondary N) is 1. The maximum absolute atomic E-state index is 12.9. The van der Waals surface area contributed by atoms with Crippen LogP contribution < -0.4 is 4.74 Å². The zero-order chi connectivity index (χ0) is 19.8. The Morgan fingerprint density at radius 1 is 1.11 bits per heavy atom. The largest absolute Gasteiger partial charge is 0.497 e. The van der Waals surface area contributed by atoms with Crippen LogP contribution in [-0.4, -0.2) is 44.6 Å². The molecule has 0 saturated carbocycles. The zero-order valence-electron chi connectivity index (χ0n) is 15.7. The highest BCUT2D eigenvalue weighted by molar-refractivity contribution is 7.90. The summed E-state index contributed by atoms with van der Waals surface area (Å²) in [5.74, 6) is 0.570. The maximum Gasteiger partial charge on any atom is 0.270 e. The molecule has 1 amide bonds. The summed E-state index contributed by atoms with van der Waals surface area (Å²) >= 11 is 0. The molecule has 7 heteroatoms. The number of hydrogen-bond donors (Lipinski definition) is 1. The number of aromatic amines is 1. The van der Waals surface area contributed by atoms with Crippen molar-refractivity contribution in [2.75, 3.05) is 20.4 Å². The van der Waals surface area contributed by atoms with Gasteiger partial charge in [-0.1, -0.05) is 12.1 Å². The number of ether oxygens (including phenoxy) is 1. The average molecular weight is 386 g/mol. The molecule has 142 valence electrons. The molecule has 1 N–H and O–H groups in total. The molecule has 1 aromatic heterocycles. The number of nitrogens with zero attached hydrogens (tertiary/aromatic N) is 1. The number of amides is 1. The van der Waals surface area contributed by atoms with E-state index in [1.807, 2.05) is 31.2 Å². The standard InChI is InChI=1S/C20H22N2O4S/c1-13(14-6-9-17(10-7-14)27(4,24)25)22(2)20(23)19-11-15-5-8-16(26-3)12-18(15)21-19/h5-13,21H,1-4H3. The number of aromatic nitrogens is 1. The number of benzene rings is 2. The summed E-state index contributed by atoms with van der Waals surface area (Å²) in [4.78, 5) is 17.9. The van der Waals surface area contributed by atoms with E-state index in [1.54, 1.807) is 43.3 Å². The number of carbonyl (C=O) groups excluding carboxylic acids is 1. The van der Waals surface area contributed by atoms with Crippen LogP contribution in [0, 0.1) is 0 Å². The Bertz CT molecular complexity index is 1080. The van der Waals surface area contributed by atoms with E-state index in [4.69, 9.17) is 4.74 Å². The van der Waals surface area contributed by atoms with Gasteiger partial charge in [-0.3, -0.25) is 4.79 Å². The van der Waals surface area contributed by atoms with Gasteiger partial charge in [0.25, 0.3) is 5.91 Å². The van der Waals surface area contributed by atoms with Crippen LogP contribution >= 0.6 is 0 Å². The molecule has 0 aliphatic carbocycles. The van der Waals surface area contributed by atoms with Gasteiger partial charge in [0.15, 0.2) is 9.84 Å². The Balaban J connectivity index is 1.84. The third-order valence-electron chi connectivity index (χ3n) is 4.75. The van der Waals surface area contributed by atoms with Crippen molar-refractivity contribution in [2.45, 2.75) is 17.9 Å². The second kappa shape index (κ2) is 7.08. The average Bonchev–Trinajstić information content (AvgIpc) is 3.08. The first-order valence-electron chi connectivity index (χ1n) is 8.44. The summed E-state index contributed by atoms with van der Waals surface area (Å²) in [6.07, 6.45) is 1.17. The lowest BCUT2D eigenvalue weighted by Crippen LogP contribution is -2.29. The topological polar surface area (TPSA) is 79.5 Å². The number of rotatable bonds is 5. The highest BCUT2D eigenvalue weighted by Gasteiger charge is 2.21. The Morgan fingerprint density at radius 2 is 1.78 bits per heavy atom. The van der Waals surface area contributed by atoms with E-state index in [0.29, 0.717) is 5.69 Å². The molecule has 0 aliphatic rings. The molecule has 0 aliphatic heterocycles. The first-order chi connectivity index (χ1) is 12.7. The van der Waals surface area contributed by atoms with Gasteiger partial charge in [-0.15, -0.1) is 0 Å². The Kier molecular flexibility index (Phi) is 4.97. The fourth-order valence-corrected chi connectivity index (χ4v) is 3.56. The summed E-state index contributed by atoms with van der Waals surface area (Å²) in [6, 6.07) is 13.8. The minimum absolute atomic E-state index is 0.148. The number of H-pyrrole nitrogens is 1. The molecule has 0 bridgehead atoms. The summed E-state index contributed by atoms with van der Waals surface area (Å²) in [6.45, 7) is 1.90. The van der Waals surface area contributed by atoms with Crippen LogP contribution in [0.3, 0.4) is 0 Å². The maximum atomic E-state index is 12.9. The lowest BCUT2D eigenvalue weighted by molar-refractivity contribution is 0.0737. The van der Waals surface area contributed by atoms with E-state index >= 15 is 0 Å². The molecule has 3 aromatic rings. The van der Waals surface area contributed by atoms with Gasteiger partial charge in [0.2, 0.25) is 0 Å². The molecule has 1 unspecified atom stereocenters. The fraction of sp³-hybridized carbons (Fsp3) is 0.250. The van der Waals surface area contributed by atoms with Crippen molar-refractivity contribution >= 4 is 26.6 Å². The second-order valence-corrected chi connectivity index (χ2v) is 8.59. The van der Waals surface area contributed by atoms with Gasteiger partial charge in [0.05, 0.1) is 18.0 Å². The minimum atomic E-state index is -3.24. The van der Waals surface area contributed by atoms with E-state index < -0.39 is 9.84 Å². The monoisotopic (exact) mass is 386 g/mol.